The summed E-state index contributed by atoms with van der Waals surface area (Å²) < 4.78 is 0. The number of para-hydroxylation sites is 1. The van der Waals surface area contributed by atoms with Gasteiger partial charge in [-0.2, -0.15) is 0 Å². The smallest absolute Gasteiger partial charge is 0.259 e. The first-order valence-electron chi connectivity index (χ1n) is 9.80. The lowest BCUT2D eigenvalue weighted by Gasteiger charge is -2.29. The van der Waals surface area contributed by atoms with Gasteiger partial charge in [-0.15, -0.1) is 0 Å². The maximum atomic E-state index is 13.7. The fourth-order valence-electron chi connectivity index (χ4n) is 3.75. The van der Waals surface area contributed by atoms with E-state index in [2.05, 4.69) is 33.0 Å². The van der Waals surface area contributed by atoms with Crippen molar-refractivity contribution in [2.24, 2.45) is 5.92 Å². The Balaban J connectivity index is 2.17. The zero-order valence-corrected chi connectivity index (χ0v) is 16.8. The summed E-state index contributed by atoms with van der Waals surface area (Å²) in [6.07, 6.45) is 1.60. The number of hydrogen-bond donors (Lipinski definition) is 1. The number of imide groups is 1. The normalized spacial score (nSPS) is 12.9. The molecule has 0 bridgehead atoms. The third-order valence-corrected chi connectivity index (χ3v) is 5.02. The molecule has 146 valence electrons. The summed E-state index contributed by atoms with van der Waals surface area (Å²) in [7, 11) is 0. The van der Waals surface area contributed by atoms with Gasteiger partial charge in [-0.25, -0.2) is 0 Å². The summed E-state index contributed by atoms with van der Waals surface area (Å²) in [5, 5.41) is 2.29. The number of carbonyl (C=O) groups excluding carboxylic acids is 3. The van der Waals surface area contributed by atoms with Gasteiger partial charge in [0.25, 0.3) is 17.7 Å². The fourth-order valence-corrected chi connectivity index (χ4v) is 3.75. The van der Waals surface area contributed by atoms with E-state index in [-0.39, 0.29) is 28.5 Å². The molecule has 1 aliphatic heterocycles. The molecule has 0 saturated carbocycles. The van der Waals surface area contributed by atoms with E-state index in [0.717, 1.165) is 29.7 Å². The third kappa shape index (κ3) is 3.44. The molecule has 2 aromatic carbocycles. The fraction of sp³-hybridized carbons (Fsp3) is 0.348. The van der Waals surface area contributed by atoms with Crippen molar-refractivity contribution in [2.75, 3.05) is 11.4 Å². The van der Waals surface area contributed by atoms with Crippen LogP contribution in [0.2, 0.25) is 0 Å². The minimum atomic E-state index is -0.507. The van der Waals surface area contributed by atoms with Crippen molar-refractivity contribution < 1.29 is 14.4 Å². The molecule has 1 N–H and O–H groups in total. The Morgan fingerprint density at radius 2 is 1.57 bits per heavy atom. The van der Waals surface area contributed by atoms with Gasteiger partial charge in [-0.3, -0.25) is 19.7 Å². The minimum absolute atomic E-state index is 0.179. The lowest BCUT2D eigenvalue weighted by Crippen LogP contribution is -2.36. The zero-order valence-electron chi connectivity index (χ0n) is 16.8. The second-order valence-corrected chi connectivity index (χ2v) is 7.45. The number of benzene rings is 2. The van der Waals surface area contributed by atoms with Crippen LogP contribution in [-0.2, 0) is 12.8 Å². The van der Waals surface area contributed by atoms with Crippen molar-refractivity contribution >= 4 is 23.4 Å². The number of nitrogens with zero attached hydrogens (tertiary/aromatic N) is 1. The van der Waals surface area contributed by atoms with Gasteiger partial charge in [0.1, 0.15) is 0 Å². The lowest BCUT2D eigenvalue weighted by molar-refractivity contribution is 0.0874. The average Bonchev–Trinajstić information content (AvgIpc) is 2.98. The Labute approximate surface area is 165 Å². The van der Waals surface area contributed by atoms with Crippen molar-refractivity contribution in [1.82, 2.24) is 5.32 Å². The van der Waals surface area contributed by atoms with E-state index >= 15 is 0 Å². The summed E-state index contributed by atoms with van der Waals surface area (Å²) in [6, 6.07) is 11.0. The topological polar surface area (TPSA) is 66.5 Å². The maximum absolute atomic E-state index is 13.7. The standard InChI is InChI=1S/C23H26N2O3/c1-5-15-9-7-10-16(6-2)20(15)25(13-14(3)4)23(28)18-12-8-11-17-19(18)22(27)24-21(17)26/h7-12,14H,5-6,13H2,1-4H3,(H,24,26,27). The maximum Gasteiger partial charge on any atom is 0.259 e. The van der Waals surface area contributed by atoms with Gasteiger partial charge < -0.3 is 4.90 Å². The van der Waals surface area contributed by atoms with E-state index in [0.29, 0.717) is 6.54 Å². The largest absolute Gasteiger partial charge is 0.308 e. The van der Waals surface area contributed by atoms with Gasteiger partial charge in [-0.05, 0) is 42.0 Å². The predicted octanol–water partition coefficient (Wildman–Crippen LogP) is 4.00. The van der Waals surface area contributed by atoms with Crippen LogP contribution in [-0.4, -0.2) is 24.3 Å². The van der Waals surface area contributed by atoms with Crippen molar-refractivity contribution in [3.8, 4) is 0 Å². The number of amides is 3. The summed E-state index contributed by atoms with van der Waals surface area (Å²) in [6.45, 7) is 8.80. The summed E-state index contributed by atoms with van der Waals surface area (Å²) in [5.74, 6) is -0.960. The number of nitrogens with one attached hydrogen (secondary N) is 1. The van der Waals surface area contributed by atoms with Crippen LogP contribution >= 0.6 is 0 Å². The molecule has 2 aromatic rings. The number of rotatable bonds is 6. The van der Waals surface area contributed by atoms with E-state index in [1.807, 2.05) is 18.2 Å². The van der Waals surface area contributed by atoms with Crippen LogP contribution < -0.4 is 10.2 Å². The van der Waals surface area contributed by atoms with Crippen LogP contribution in [0.4, 0.5) is 5.69 Å². The van der Waals surface area contributed by atoms with Crippen LogP contribution in [0.1, 0.15) is 69.9 Å². The summed E-state index contributed by atoms with van der Waals surface area (Å²) >= 11 is 0. The lowest BCUT2D eigenvalue weighted by atomic mass is 9.97. The van der Waals surface area contributed by atoms with Gasteiger partial charge in [0.2, 0.25) is 0 Å². The first kappa shape index (κ1) is 19.8. The van der Waals surface area contributed by atoms with E-state index in [4.69, 9.17) is 0 Å². The summed E-state index contributed by atoms with van der Waals surface area (Å²) in [5.41, 5.74) is 3.84. The Bertz CT molecular complexity index is 925. The van der Waals surface area contributed by atoms with Gasteiger partial charge in [-0.1, -0.05) is 52.0 Å². The molecule has 5 nitrogen and oxygen atoms in total. The molecule has 1 heterocycles. The monoisotopic (exact) mass is 378 g/mol. The Hall–Kier alpha value is -2.95. The van der Waals surface area contributed by atoms with Crippen molar-refractivity contribution in [2.45, 2.75) is 40.5 Å². The average molecular weight is 378 g/mol. The second kappa shape index (κ2) is 7.97. The highest BCUT2D eigenvalue weighted by Crippen LogP contribution is 2.31. The van der Waals surface area contributed by atoms with E-state index in [1.54, 1.807) is 23.1 Å². The Kier molecular flexibility index (Phi) is 5.63. The van der Waals surface area contributed by atoms with Gasteiger partial charge in [0, 0.05) is 6.54 Å². The van der Waals surface area contributed by atoms with Crippen molar-refractivity contribution in [3.63, 3.8) is 0 Å². The molecular formula is C23H26N2O3. The predicted molar refractivity (Wildman–Crippen MR) is 110 cm³/mol. The molecule has 28 heavy (non-hydrogen) atoms. The third-order valence-electron chi connectivity index (χ3n) is 5.02. The number of anilines is 1. The van der Waals surface area contributed by atoms with E-state index in [9.17, 15) is 14.4 Å². The van der Waals surface area contributed by atoms with E-state index in [1.165, 1.54) is 0 Å². The highest BCUT2D eigenvalue weighted by atomic mass is 16.2. The van der Waals surface area contributed by atoms with Crippen molar-refractivity contribution in [1.29, 1.82) is 0 Å². The summed E-state index contributed by atoms with van der Waals surface area (Å²) in [4.78, 5) is 39.8. The molecule has 0 spiro atoms. The minimum Gasteiger partial charge on any atom is -0.308 e. The molecular weight excluding hydrogens is 352 g/mol. The molecule has 0 saturated heterocycles. The number of carbonyl (C=O) groups is 3. The zero-order chi connectivity index (χ0) is 20.4. The van der Waals surface area contributed by atoms with Crippen LogP contribution in [0.3, 0.4) is 0 Å². The van der Waals surface area contributed by atoms with Crippen LogP contribution in [0, 0.1) is 5.92 Å². The Morgan fingerprint density at radius 3 is 2.14 bits per heavy atom. The van der Waals surface area contributed by atoms with Gasteiger partial charge in [0.15, 0.2) is 0 Å². The SMILES string of the molecule is CCc1cccc(CC)c1N(CC(C)C)C(=O)c1cccc2c1C(=O)NC2=O. The van der Waals surface area contributed by atoms with Crippen LogP contribution in [0.5, 0.6) is 0 Å². The van der Waals surface area contributed by atoms with Crippen LogP contribution in [0.25, 0.3) is 0 Å². The molecule has 5 heteroatoms. The second-order valence-electron chi connectivity index (χ2n) is 7.45. The molecule has 0 fully saturated rings. The number of hydrogen-bond acceptors (Lipinski definition) is 3. The first-order chi connectivity index (χ1) is 13.4. The highest BCUT2D eigenvalue weighted by Gasteiger charge is 2.34. The molecule has 3 amide bonds. The molecule has 3 rings (SSSR count). The number of aryl methyl sites for hydroxylation is 2. The molecule has 0 atom stereocenters. The molecule has 0 aromatic heterocycles. The highest BCUT2D eigenvalue weighted by molar-refractivity contribution is 6.26. The molecule has 1 aliphatic rings. The van der Waals surface area contributed by atoms with Crippen molar-refractivity contribution in [3.05, 3.63) is 64.2 Å². The molecule has 0 aliphatic carbocycles. The van der Waals surface area contributed by atoms with Gasteiger partial charge >= 0.3 is 0 Å². The number of fused-ring (bicyclic) bond motifs is 1. The van der Waals surface area contributed by atoms with E-state index < -0.39 is 11.8 Å². The first-order valence-corrected chi connectivity index (χ1v) is 9.80. The molecule has 0 radical (unpaired) electrons. The van der Waals surface area contributed by atoms with Crippen LogP contribution in [0.15, 0.2) is 36.4 Å². The Morgan fingerprint density at radius 1 is 0.964 bits per heavy atom. The van der Waals surface area contributed by atoms with Gasteiger partial charge in [0.05, 0.1) is 22.4 Å². The quantitative estimate of drug-likeness (QED) is 0.773. The molecule has 0 unspecified atom stereocenters.